The molecule has 1 aliphatic rings. The van der Waals surface area contributed by atoms with Crippen LogP contribution in [0, 0.1) is 0 Å². The Morgan fingerprint density at radius 3 is 2.71 bits per heavy atom. The summed E-state index contributed by atoms with van der Waals surface area (Å²) in [5.41, 5.74) is 0.592. The monoisotopic (exact) mass is 290 g/mol. The number of anilines is 1. The van der Waals surface area contributed by atoms with Crippen LogP contribution < -0.4 is 4.90 Å². The zero-order chi connectivity index (χ0) is 15.4. The second-order valence-corrected chi connectivity index (χ2v) is 5.42. The Labute approximate surface area is 125 Å². The van der Waals surface area contributed by atoms with E-state index >= 15 is 0 Å². The van der Waals surface area contributed by atoms with Crippen LogP contribution in [-0.2, 0) is 0 Å². The number of likely N-dealkylation sites (tertiary alicyclic amines) is 1. The van der Waals surface area contributed by atoms with Crippen LogP contribution in [-0.4, -0.2) is 41.6 Å². The molecule has 0 saturated carbocycles. The SMILES string of the molecule is CCC1CCCCN1C(=O)N(C)c1ccccc1C(=O)O. The molecule has 5 nitrogen and oxygen atoms in total. The number of urea groups is 1. The summed E-state index contributed by atoms with van der Waals surface area (Å²) in [6.45, 7) is 2.83. The van der Waals surface area contributed by atoms with Crippen molar-refractivity contribution in [1.82, 2.24) is 4.90 Å². The van der Waals surface area contributed by atoms with Crippen molar-refractivity contribution in [2.75, 3.05) is 18.5 Å². The molecule has 1 heterocycles. The van der Waals surface area contributed by atoms with E-state index in [1.54, 1.807) is 25.2 Å². The average Bonchev–Trinajstić information content (AvgIpc) is 2.53. The first kappa shape index (κ1) is 15.4. The van der Waals surface area contributed by atoms with Gasteiger partial charge in [-0.2, -0.15) is 0 Å². The van der Waals surface area contributed by atoms with Crippen molar-refractivity contribution in [2.45, 2.75) is 38.6 Å². The molecule has 114 valence electrons. The van der Waals surface area contributed by atoms with Crippen LogP contribution in [0.1, 0.15) is 43.0 Å². The van der Waals surface area contributed by atoms with Gasteiger partial charge in [0.15, 0.2) is 0 Å². The van der Waals surface area contributed by atoms with E-state index < -0.39 is 5.97 Å². The second-order valence-electron chi connectivity index (χ2n) is 5.42. The third-order valence-electron chi connectivity index (χ3n) is 4.13. The maximum Gasteiger partial charge on any atom is 0.337 e. The van der Waals surface area contributed by atoms with Crippen LogP contribution >= 0.6 is 0 Å². The van der Waals surface area contributed by atoms with Gasteiger partial charge in [-0.3, -0.25) is 4.90 Å². The summed E-state index contributed by atoms with van der Waals surface area (Å²) in [7, 11) is 1.64. The molecule has 1 aromatic carbocycles. The van der Waals surface area contributed by atoms with Gasteiger partial charge in [0.05, 0.1) is 11.3 Å². The van der Waals surface area contributed by atoms with Gasteiger partial charge in [-0.25, -0.2) is 9.59 Å². The number of carboxylic acid groups (broad SMARTS) is 1. The van der Waals surface area contributed by atoms with E-state index in [2.05, 4.69) is 6.92 Å². The molecule has 5 heteroatoms. The highest BCUT2D eigenvalue weighted by molar-refractivity contribution is 6.01. The molecule has 0 radical (unpaired) electrons. The minimum absolute atomic E-state index is 0.116. The molecule has 0 aromatic heterocycles. The van der Waals surface area contributed by atoms with Crippen LogP contribution in [0.4, 0.5) is 10.5 Å². The lowest BCUT2D eigenvalue weighted by atomic mass is 10.0. The first-order valence-electron chi connectivity index (χ1n) is 7.43. The predicted octanol–water partition coefficient (Wildman–Crippen LogP) is 3.21. The van der Waals surface area contributed by atoms with Crippen molar-refractivity contribution in [3.05, 3.63) is 29.8 Å². The number of para-hydroxylation sites is 1. The third-order valence-corrected chi connectivity index (χ3v) is 4.13. The number of hydrogen-bond acceptors (Lipinski definition) is 2. The largest absolute Gasteiger partial charge is 0.478 e. The number of amides is 2. The number of carbonyl (C=O) groups excluding carboxylic acids is 1. The smallest absolute Gasteiger partial charge is 0.337 e. The second kappa shape index (κ2) is 6.61. The summed E-state index contributed by atoms with van der Waals surface area (Å²) in [6, 6.07) is 6.75. The van der Waals surface area contributed by atoms with E-state index in [-0.39, 0.29) is 17.6 Å². The number of aromatic carboxylic acids is 1. The molecule has 1 saturated heterocycles. The molecule has 1 fully saturated rings. The fraction of sp³-hybridized carbons (Fsp3) is 0.500. The summed E-state index contributed by atoms with van der Waals surface area (Å²) in [5.74, 6) is -1.02. The topological polar surface area (TPSA) is 60.9 Å². The van der Waals surface area contributed by atoms with Gasteiger partial charge in [0.25, 0.3) is 0 Å². The van der Waals surface area contributed by atoms with Gasteiger partial charge in [0.1, 0.15) is 0 Å². The van der Waals surface area contributed by atoms with Gasteiger partial charge >= 0.3 is 12.0 Å². The first-order chi connectivity index (χ1) is 10.1. The molecule has 1 aliphatic heterocycles. The highest BCUT2D eigenvalue weighted by Gasteiger charge is 2.29. The van der Waals surface area contributed by atoms with Crippen molar-refractivity contribution < 1.29 is 14.7 Å². The molecule has 1 unspecified atom stereocenters. The summed E-state index contributed by atoms with van der Waals surface area (Å²) in [5, 5.41) is 9.25. The maximum atomic E-state index is 12.7. The highest BCUT2D eigenvalue weighted by Crippen LogP contribution is 2.25. The average molecular weight is 290 g/mol. The summed E-state index contributed by atoms with van der Waals surface area (Å²) in [6.07, 6.45) is 4.12. The normalized spacial score (nSPS) is 18.4. The number of rotatable bonds is 3. The van der Waals surface area contributed by atoms with E-state index in [1.807, 2.05) is 4.90 Å². The lowest BCUT2D eigenvalue weighted by molar-refractivity contribution is 0.0697. The standard InChI is InChI=1S/C16H22N2O3/c1-3-12-8-6-7-11-18(12)16(21)17(2)14-10-5-4-9-13(14)15(19)20/h4-5,9-10,12H,3,6-8,11H2,1-2H3,(H,19,20). The number of hydrogen-bond donors (Lipinski definition) is 1. The van der Waals surface area contributed by atoms with E-state index in [9.17, 15) is 14.7 Å². The van der Waals surface area contributed by atoms with Crippen LogP contribution in [0.2, 0.25) is 0 Å². The van der Waals surface area contributed by atoms with Crippen molar-refractivity contribution in [3.63, 3.8) is 0 Å². The molecule has 1 aromatic rings. The summed E-state index contributed by atoms with van der Waals surface area (Å²) in [4.78, 5) is 27.3. The zero-order valence-electron chi connectivity index (χ0n) is 12.6. The van der Waals surface area contributed by atoms with E-state index in [0.29, 0.717) is 5.69 Å². The molecule has 0 bridgehead atoms. The van der Waals surface area contributed by atoms with Gasteiger partial charge in [-0.05, 0) is 37.8 Å². The molecule has 0 aliphatic carbocycles. The molecule has 1 atom stereocenters. The van der Waals surface area contributed by atoms with Gasteiger partial charge in [0, 0.05) is 19.6 Å². The Morgan fingerprint density at radius 2 is 2.05 bits per heavy atom. The summed E-state index contributed by atoms with van der Waals surface area (Å²) < 4.78 is 0. The minimum atomic E-state index is -1.02. The van der Waals surface area contributed by atoms with Crippen LogP contribution in [0.25, 0.3) is 0 Å². The quantitative estimate of drug-likeness (QED) is 0.930. The van der Waals surface area contributed by atoms with Crippen molar-refractivity contribution in [3.8, 4) is 0 Å². The Morgan fingerprint density at radius 1 is 1.33 bits per heavy atom. The van der Waals surface area contributed by atoms with E-state index in [4.69, 9.17) is 0 Å². The van der Waals surface area contributed by atoms with Gasteiger partial charge in [-0.1, -0.05) is 19.1 Å². The number of benzene rings is 1. The van der Waals surface area contributed by atoms with E-state index in [0.717, 1.165) is 32.2 Å². The Bertz CT molecular complexity index is 530. The maximum absolute atomic E-state index is 12.7. The fourth-order valence-corrected chi connectivity index (χ4v) is 2.92. The Balaban J connectivity index is 2.25. The predicted molar refractivity (Wildman–Crippen MR) is 81.8 cm³/mol. The lowest BCUT2D eigenvalue weighted by Gasteiger charge is -2.37. The summed E-state index contributed by atoms with van der Waals surface area (Å²) >= 11 is 0. The number of carbonyl (C=O) groups is 2. The fourth-order valence-electron chi connectivity index (χ4n) is 2.92. The van der Waals surface area contributed by atoms with Crippen molar-refractivity contribution >= 4 is 17.7 Å². The van der Waals surface area contributed by atoms with Crippen molar-refractivity contribution in [1.29, 1.82) is 0 Å². The van der Waals surface area contributed by atoms with Crippen molar-refractivity contribution in [2.24, 2.45) is 0 Å². The molecule has 21 heavy (non-hydrogen) atoms. The van der Waals surface area contributed by atoms with Crippen LogP contribution in [0.5, 0.6) is 0 Å². The van der Waals surface area contributed by atoms with Gasteiger partial charge in [-0.15, -0.1) is 0 Å². The van der Waals surface area contributed by atoms with Crippen LogP contribution in [0.15, 0.2) is 24.3 Å². The molecule has 1 N–H and O–H groups in total. The number of carboxylic acids is 1. The van der Waals surface area contributed by atoms with E-state index in [1.165, 1.54) is 11.0 Å². The van der Waals surface area contributed by atoms with Gasteiger partial charge < -0.3 is 10.0 Å². The Hall–Kier alpha value is -2.04. The molecule has 2 rings (SSSR count). The Kier molecular flexibility index (Phi) is 4.83. The molecular formula is C16H22N2O3. The third kappa shape index (κ3) is 3.17. The minimum Gasteiger partial charge on any atom is -0.478 e. The zero-order valence-corrected chi connectivity index (χ0v) is 12.6. The van der Waals surface area contributed by atoms with Gasteiger partial charge in [0.2, 0.25) is 0 Å². The van der Waals surface area contributed by atoms with Crippen LogP contribution in [0.3, 0.4) is 0 Å². The highest BCUT2D eigenvalue weighted by atomic mass is 16.4. The first-order valence-corrected chi connectivity index (χ1v) is 7.43. The molecule has 0 spiro atoms. The number of nitrogens with zero attached hydrogens (tertiary/aromatic N) is 2. The molecule has 2 amide bonds. The molecular weight excluding hydrogens is 268 g/mol. The lowest BCUT2D eigenvalue weighted by Crippen LogP contribution is -2.49. The number of piperidine rings is 1.